The predicted octanol–water partition coefficient (Wildman–Crippen LogP) is 2.50. The number of aliphatic imine (C=N–C) groups is 1. The Morgan fingerprint density at radius 3 is 2.65 bits per heavy atom. The van der Waals surface area contributed by atoms with Crippen LogP contribution >= 0.6 is 0 Å². The summed E-state index contributed by atoms with van der Waals surface area (Å²) in [6.45, 7) is 3.01. The van der Waals surface area contributed by atoms with Crippen LogP contribution < -0.4 is 16.0 Å². The molecule has 0 saturated heterocycles. The molecule has 0 bridgehead atoms. The molecule has 0 spiro atoms. The maximum absolute atomic E-state index is 12.9. The van der Waals surface area contributed by atoms with Gasteiger partial charge in [0, 0.05) is 17.8 Å². The van der Waals surface area contributed by atoms with Crippen molar-refractivity contribution in [3.05, 3.63) is 65.5 Å². The van der Waals surface area contributed by atoms with Crippen LogP contribution in [0, 0.1) is 18.2 Å². The Balaban J connectivity index is 1.90. The summed E-state index contributed by atoms with van der Waals surface area (Å²) in [5, 5.41) is 8.80. The van der Waals surface area contributed by atoms with Crippen LogP contribution in [0.5, 0.6) is 0 Å². The highest BCUT2D eigenvalue weighted by atomic mass is 19.1. The first-order valence-electron chi connectivity index (χ1n) is 8.24. The molecule has 1 amide bonds. The van der Waals surface area contributed by atoms with Gasteiger partial charge in [-0.05, 0) is 42.8 Å². The molecule has 134 valence electrons. The molecule has 0 aromatic heterocycles. The molecular formula is C20H21FN4O. The summed E-state index contributed by atoms with van der Waals surface area (Å²) in [7, 11) is 0. The lowest BCUT2D eigenvalue weighted by molar-refractivity contribution is -0.115. The molecule has 3 N–H and O–H groups in total. The Kier molecular flexibility index (Phi) is 7.19. The number of nitrogens with zero attached hydrogens (tertiary/aromatic N) is 1. The van der Waals surface area contributed by atoms with Crippen molar-refractivity contribution in [3.8, 4) is 12.3 Å². The van der Waals surface area contributed by atoms with Crippen LogP contribution in [-0.2, 0) is 11.3 Å². The molecule has 0 fully saturated rings. The van der Waals surface area contributed by atoms with Crippen LogP contribution in [0.4, 0.5) is 10.1 Å². The fourth-order valence-electron chi connectivity index (χ4n) is 2.16. The second kappa shape index (κ2) is 9.84. The topological polar surface area (TPSA) is 65.5 Å². The van der Waals surface area contributed by atoms with Crippen molar-refractivity contribution in [1.82, 2.24) is 10.6 Å². The van der Waals surface area contributed by atoms with Gasteiger partial charge < -0.3 is 16.0 Å². The van der Waals surface area contributed by atoms with Gasteiger partial charge in [0.1, 0.15) is 5.82 Å². The first kappa shape index (κ1) is 19.0. The quantitative estimate of drug-likeness (QED) is 0.425. The molecule has 0 aliphatic heterocycles. The van der Waals surface area contributed by atoms with Crippen molar-refractivity contribution in [2.45, 2.75) is 13.5 Å². The molecule has 0 aliphatic carbocycles. The van der Waals surface area contributed by atoms with Gasteiger partial charge in [0.05, 0.1) is 13.1 Å². The van der Waals surface area contributed by atoms with Crippen LogP contribution in [-0.4, -0.2) is 25.0 Å². The van der Waals surface area contributed by atoms with Gasteiger partial charge in [0.15, 0.2) is 5.96 Å². The van der Waals surface area contributed by atoms with Gasteiger partial charge in [-0.25, -0.2) is 9.38 Å². The average Bonchev–Trinajstić information content (AvgIpc) is 2.65. The highest BCUT2D eigenvalue weighted by molar-refractivity contribution is 5.95. The molecule has 0 atom stereocenters. The van der Waals surface area contributed by atoms with Crippen molar-refractivity contribution < 1.29 is 9.18 Å². The molecule has 6 heteroatoms. The molecule has 0 heterocycles. The summed E-state index contributed by atoms with van der Waals surface area (Å²) < 4.78 is 12.9. The Bertz CT molecular complexity index is 809. The fourth-order valence-corrected chi connectivity index (χ4v) is 2.16. The summed E-state index contributed by atoms with van der Waals surface area (Å²) >= 11 is 0. The minimum Gasteiger partial charge on any atom is -0.357 e. The van der Waals surface area contributed by atoms with Crippen LogP contribution in [0.1, 0.15) is 18.1 Å². The zero-order valence-corrected chi connectivity index (χ0v) is 14.6. The molecule has 0 saturated carbocycles. The molecule has 0 unspecified atom stereocenters. The number of carbonyl (C=O) groups excluding carboxylic acids is 1. The fraction of sp³-hybridized carbons (Fsp3) is 0.200. The van der Waals surface area contributed by atoms with Crippen molar-refractivity contribution in [2.75, 3.05) is 18.4 Å². The first-order chi connectivity index (χ1) is 12.6. The number of hydrogen-bond donors (Lipinski definition) is 3. The number of benzene rings is 2. The van der Waals surface area contributed by atoms with Gasteiger partial charge >= 0.3 is 0 Å². The molecule has 26 heavy (non-hydrogen) atoms. The van der Waals surface area contributed by atoms with E-state index >= 15 is 0 Å². The summed E-state index contributed by atoms with van der Waals surface area (Å²) in [6.07, 6.45) is 5.35. The number of nitrogens with one attached hydrogen (secondary N) is 3. The highest BCUT2D eigenvalue weighted by Crippen LogP contribution is 2.09. The second-order valence-electron chi connectivity index (χ2n) is 5.45. The third kappa shape index (κ3) is 6.29. The van der Waals surface area contributed by atoms with Crippen LogP contribution in [0.3, 0.4) is 0 Å². The summed E-state index contributed by atoms with van der Waals surface area (Å²) in [6, 6.07) is 13.2. The van der Waals surface area contributed by atoms with Crippen LogP contribution in [0.15, 0.2) is 53.5 Å². The van der Waals surface area contributed by atoms with Gasteiger partial charge in [0.2, 0.25) is 5.91 Å². The molecule has 2 aromatic carbocycles. The number of terminal acetylenes is 1. The zero-order chi connectivity index (χ0) is 18.8. The summed E-state index contributed by atoms with van der Waals surface area (Å²) in [4.78, 5) is 16.5. The van der Waals surface area contributed by atoms with E-state index in [1.54, 1.807) is 36.4 Å². The number of amides is 1. The Morgan fingerprint density at radius 2 is 1.96 bits per heavy atom. The average molecular weight is 352 g/mol. The van der Waals surface area contributed by atoms with E-state index in [0.29, 0.717) is 30.3 Å². The normalized spacial score (nSPS) is 10.7. The second-order valence-corrected chi connectivity index (χ2v) is 5.45. The van der Waals surface area contributed by atoms with E-state index < -0.39 is 0 Å². The van der Waals surface area contributed by atoms with Gasteiger partial charge in [-0.2, -0.15) is 0 Å². The molecule has 5 nitrogen and oxygen atoms in total. The maximum Gasteiger partial charge on any atom is 0.243 e. The third-order valence-corrected chi connectivity index (χ3v) is 3.41. The molecule has 2 rings (SSSR count). The van der Waals surface area contributed by atoms with E-state index in [0.717, 1.165) is 5.56 Å². The number of hydrogen-bond acceptors (Lipinski definition) is 2. The number of rotatable bonds is 6. The highest BCUT2D eigenvalue weighted by Gasteiger charge is 2.05. The number of halogens is 1. The number of guanidine groups is 1. The third-order valence-electron chi connectivity index (χ3n) is 3.41. The summed E-state index contributed by atoms with van der Waals surface area (Å²) in [5.41, 5.74) is 2.21. The Hall–Kier alpha value is -3.33. The standard InChI is InChI=1S/C20H21FN4O/c1-3-15-6-5-7-18(12-15)25-19(26)14-24-20(22-4-2)23-13-16-8-10-17(21)11-9-16/h1,5-12H,4,13-14H2,2H3,(H,25,26)(H2,22,23,24). The minimum atomic E-state index is -0.284. The van der Waals surface area contributed by atoms with E-state index in [9.17, 15) is 9.18 Å². The van der Waals surface area contributed by atoms with Gasteiger partial charge in [-0.1, -0.05) is 24.1 Å². The maximum atomic E-state index is 12.9. The van der Waals surface area contributed by atoms with Gasteiger partial charge in [0.25, 0.3) is 0 Å². The monoisotopic (exact) mass is 352 g/mol. The van der Waals surface area contributed by atoms with E-state index in [1.165, 1.54) is 12.1 Å². The Labute approximate surface area is 152 Å². The van der Waals surface area contributed by atoms with Gasteiger partial charge in [-0.15, -0.1) is 6.42 Å². The van der Waals surface area contributed by atoms with E-state index in [-0.39, 0.29) is 18.3 Å². The van der Waals surface area contributed by atoms with Crippen LogP contribution in [0.2, 0.25) is 0 Å². The molecule has 2 aromatic rings. The van der Waals surface area contributed by atoms with E-state index in [4.69, 9.17) is 6.42 Å². The smallest absolute Gasteiger partial charge is 0.243 e. The van der Waals surface area contributed by atoms with Crippen LogP contribution in [0.25, 0.3) is 0 Å². The molecule has 0 radical (unpaired) electrons. The Morgan fingerprint density at radius 1 is 1.19 bits per heavy atom. The summed E-state index contributed by atoms with van der Waals surface area (Å²) in [5.74, 6) is 2.53. The van der Waals surface area contributed by atoms with E-state index in [1.807, 2.05) is 6.92 Å². The lowest BCUT2D eigenvalue weighted by Crippen LogP contribution is -2.41. The van der Waals surface area contributed by atoms with Crippen molar-refractivity contribution in [1.29, 1.82) is 0 Å². The predicted molar refractivity (Wildman–Crippen MR) is 102 cm³/mol. The molecule has 0 aliphatic rings. The minimum absolute atomic E-state index is 0.0511. The number of carbonyl (C=O) groups is 1. The zero-order valence-electron chi connectivity index (χ0n) is 14.6. The first-order valence-corrected chi connectivity index (χ1v) is 8.24. The number of anilines is 1. The SMILES string of the molecule is C#Cc1cccc(NC(=O)CNC(=NCc2ccc(F)cc2)NCC)c1. The van der Waals surface area contributed by atoms with Crippen molar-refractivity contribution >= 4 is 17.6 Å². The lowest BCUT2D eigenvalue weighted by atomic mass is 10.2. The molecular weight excluding hydrogens is 331 g/mol. The van der Waals surface area contributed by atoms with Crippen molar-refractivity contribution in [2.24, 2.45) is 4.99 Å². The van der Waals surface area contributed by atoms with E-state index in [2.05, 4.69) is 26.9 Å². The van der Waals surface area contributed by atoms with Gasteiger partial charge in [-0.3, -0.25) is 4.79 Å². The van der Waals surface area contributed by atoms with Crippen molar-refractivity contribution in [3.63, 3.8) is 0 Å². The largest absolute Gasteiger partial charge is 0.357 e. The lowest BCUT2D eigenvalue weighted by Gasteiger charge is -2.11.